The molecule has 0 saturated heterocycles. The summed E-state index contributed by atoms with van der Waals surface area (Å²) in [6.45, 7) is 0. The van der Waals surface area contributed by atoms with Gasteiger partial charge in [0.2, 0.25) is 11.7 Å². The molecule has 0 bridgehead atoms. The second kappa shape index (κ2) is 8.23. The molecule has 0 saturated carbocycles. The minimum Gasteiger partial charge on any atom is -0.461 e. The van der Waals surface area contributed by atoms with Gasteiger partial charge in [0.15, 0.2) is 5.76 Å². The molecule has 0 aliphatic rings. The Kier molecular flexibility index (Phi) is 5.16. The van der Waals surface area contributed by atoms with Crippen molar-refractivity contribution in [2.24, 2.45) is 0 Å². The third-order valence-corrected chi connectivity index (χ3v) is 4.09. The fraction of sp³-hybridized carbons (Fsp3) is 0. The molecular formula is C21H14N4O5. The molecular weight excluding hydrogens is 388 g/mol. The third kappa shape index (κ3) is 4.14. The summed E-state index contributed by atoms with van der Waals surface area (Å²) in [5, 5.41) is 17.5. The average Bonchev–Trinajstić information content (AvgIpc) is 3.45. The van der Waals surface area contributed by atoms with Crippen molar-refractivity contribution in [3.8, 4) is 23.0 Å². The SMILES string of the molecule is O=C(/C=C/c1cccc([N+](=O)[O-])c1)Nc1ccccc1-c1nc(-c2ccco2)no1. The summed E-state index contributed by atoms with van der Waals surface area (Å²) in [7, 11) is 0. The molecule has 9 nitrogen and oxygen atoms in total. The Morgan fingerprint density at radius 2 is 1.97 bits per heavy atom. The second-order valence-corrected chi connectivity index (χ2v) is 6.12. The van der Waals surface area contributed by atoms with Gasteiger partial charge in [-0.1, -0.05) is 29.4 Å². The number of furan rings is 1. The molecule has 2 aromatic carbocycles. The van der Waals surface area contributed by atoms with Crippen molar-refractivity contribution < 1.29 is 18.7 Å². The van der Waals surface area contributed by atoms with E-state index < -0.39 is 10.8 Å². The normalized spacial score (nSPS) is 10.9. The van der Waals surface area contributed by atoms with Crippen LogP contribution < -0.4 is 5.32 Å². The lowest BCUT2D eigenvalue weighted by Gasteiger charge is -2.06. The van der Waals surface area contributed by atoms with E-state index in [0.717, 1.165) is 0 Å². The number of rotatable bonds is 6. The summed E-state index contributed by atoms with van der Waals surface area (Å²) >= 11 is 0. The predicted octanol–water partition coefficient (Wildman–Crippen LogP) is 4.56. The Bertz CT molecular complexity index is 1230. The van der Waals surface area contributed by atoms with Crippen LogP contribution in [0.5, 0.6) is 0 Å². The van der Waals surface area contributed by atoms with Gasteiger partial charge >= 0.3 is 0 Å². The minimum atomic E-state index is -0.491. The molecule has 1 N–H and O–H groups in total. The fourth-order valence-corrected chi connectivity index (χ4v) is 2.71. The van der Waals surface area contributed by atoms with E-state index in [4.69, 9.17) is 8.94 Å². The van der Waals surface area contributed by atoms with E-state index in [9.17, 15) is 14.9 Å². The first kappa shape index (κ1) is 18.8. The van der Waals surface area contributed by atoms with Crippen molar-refractivity contribution in [3.63, 3.8) is 0 Å². The highest BCUT2D eigenvalue weighted by atomic mass is 16.6. The van der Waals surface area contributed by atoms with E-state index in [-0.39, 0.29) is 11.6 Å². The van der Waals surface area contributed by atoms with Crippen LogP contribution in [0, 0.1) is 10.1 Å². The zero-order chi connectivity index (χ0) is 20.9. The molecule has 4 rings (SSSR count). The number of benzene rings is 2. The number of anilines is 1. The first-order valence-electron chi connectivity index (χ1n) is 8.80. The molecule has 0 aliphatic carbocycles. The molecule has 2 heterocycles. The van der Waals surface area contributed by atoms with E-state index in [1.165, 1.54) is 30.5 Å². The fourth-order valence-electron chi connectivity index (χ4n) is 2.71. The number of nitrogens with one attached hydrogen (secondary N) is 1. The minimum absolute atomic E-state index is 0.0494. The number of aromatic nitrogens is 2. The van der Waals surface area contributed by atoms with Crippen LogP contribution in [0.3, 0.4) is 0 Å². The third-order valence-electron chi connectivity index (χ3n) is 4.09. The van der Waals surface area contributed by atoms with Gasteiger partial charge in [-0.2, -0.15) is 4.98 Å². The lowest BCUT2D eigenvalue weighted by molar-refractivity contribution is -0.384. The first-order chi connectivity index (χ1) is 14.6. The van der Waals surface area contributed by atoms with Crippen LogP contribution in [0.4, 0.5) is 11.4 Å². The zero-order valence-corrected chi connectivity index (χ0v) is 15.4. The van der Waals surface area contributed by atoms with Crippen LogP contribution >= 0.6 is 0 Å². The Hall–Kier alpha value is -4.53. The maximum atomic E-state index is 12.4. The van der Waals surface area contributed by atoms with Crippen LogP contribution in [0.2, 0.25) is 0 Å². The summed E-state index contributed by atoms with van der Waals surface area (Å²) in [4.78, 5) is 27.0. The molecule has 0 aliphatic heterocycles. The molecule has 9 heteroatoms. The summed E-state index contributed by atoms with van der Waals surface area (Å²) < 4.78 is 10.6. The van der Waals surface area contributed by atoms with Crippen LogP contribution in [-0.2, 0) is 4.79 Å². The number of amides is 1. The van der Waals surface area contributed by atoms with E-state index >= 15 is 0 Å². The second-order valence-electron chi connectivity index (χ2n) is 6.12. The van der Waals surface area contributed by atoms with Crippen LogP contribution in [0.15, 0.2) is 81.9 Å². The lowest BCUT2D eigenvalue weighted by Crippen LogP contribution is -2.08. The van der Waals surface area contributed by atoms with Crippen molar-refractivity contribution in [1.82, 2.24) is 10.1 Å². The van der Waals surface area contributed by atoms with Gasteiger partial charge in [0.1, 0.15) is 0 Å². The highest BCUT2D eigenvalue weighted by Gasteiger charge is 2.16. The number of para-hydroxylation sites is 1. The number of nitrogens with zero attached hydrogens (tertiary/aromatic N) is 3. The van der Waals surface area contributed by atoms with Gasteiger partial charge in [-0.15, -0.1) is 0 Å². The standard InChI is InChI=1S/C21H14N4O5/c26-19(11-10-14-5-3-6-15(13-14)25(27)28)22-17-8-2-1-7-16(17)21-23-20(24-30-21)18-9-4-12-29-18/h1-13H,(H,22,26)/b11-10+. The molecule has 0 radical (unpaired) electrons. The van der Waals surface area contributed by atoms with E-state index in [2.05, 4.69) is 15.5 Å². The zero-order valence-electron chi connectivity index (χ0n) is 15.4. The highest BCUT2D eigenvalue weighted by Crippen LogP contribution is 2.28. The Balaban J connectivity index is 1.52. The number of nitro benzene ring substituents is 1. The number of non-ortho nitro benzene ring substituents is 1. The molecule has 0 atom stereocenters. The molecule has 4 aromatic rings. The van der Waals surface area contributed by atoms with Crippen molar-refractivity contribution in [2.45, 2.75) is 0 Å². The Morgan fingerprint density at radius 3 is 2.77 bits per heavy atom. The average molecular weight is 402 g/mol. The van der Waals surface area contributed by atoms with Crippen LogP contribution in [0.25, 0.3) is 29.1 Å². The van der Waals surface area contributed by atoms with Gasteiger partial charge in [-0.3, -0.25) is 14.9 Å². The molecule has 1 amide bonds. The topological polar surface area (TPSA) is 124 Å². The van der Waals surface area contributed by atoms with Gasteiger partial charge in [0.25, 0.3) is 11.6 Å². The maximum Gasteiger partial charge on any atom is 0.270 e. The Labute approximate surface area is 169 Å². The summed E-state index contributed by atoms with van der Waals surface area (Å²) in [5.74, 6) is 0.563. The van der Waals surface area contributed by atoms with Gasteiger partial charge < -0.3 is 14.3 Å². The number of hydrogen-bond donors (Lipinski definition) is 1. The van der Waals surface area contributed by atoms with Gasteiger partial charge in [0.05, 0.1) is 22.4 Å². The number of nitro groups is 1. The van der Waals surface area contributed by atoms with E-state index in [1.807, 2.05) is 0 Å². The summed E-state index contributed by atoms with van der Waals surface area (Å²) in [5.41, 5.74) is 1.50. The van der Waals surface area contributed by atoms with Crippen molar-refractivity contribution in [3.05, 3.63) is 88.7 Å². The smallest absolute Gasteiger partial charge is 0.270 e. The van der Waals surface area contributed by atoms with Crippen LogP contribution in [-0.4, -0.2) is 21.0 Å². The molecule has 30 heavy (non-hydrogen) atoms. The first-order valence-corrected chi connectivity index (χ1v) is 8.80. The van der Waals surface area contributed by atoms with Crippen molar-refractivity contribution in [1.29, 1.82) is 0 Å². The highest BCUT2D eigenvalue weighted by molar-refractivity contribution is 6.03. The van der Waals surface area contributed by atoms with Gasteiger partial charge in [-0.25, -0.2) is 0 Å². The quantitative estimate of drug-likeness (QED) is 0.285. The number of carbonyl (C=O) groups is 1. The van der Waals surface area contributed by atoms with Crippen molar-refractivity contribution in [2.75, 3.05) is 5.32 Å². The van der Waals surface area contributed by atoms with Gasteiger partial charge in [-0.05, 0) is 35.9 Å². The van der Waals surface area contributed by atoms with Gasteiger partial charge in [0, 0.05) is 18.2 Å². The van der Waals surface area contributed by atoms with Crippen LogP contribution in [0.1, 0.15) is 5.56 Å². The maximum absolute atomic E-state index is 12.4. The molecule has 0 fully saturated rings. The predicted molar refractivity (Wildman–Crippen MR) is 108 cm³/mol. The molecule has 2 aromatic heterocycles. The number of hydrogen-bond acceptors (Lipinski definition) is 7. The molecule has 0 spiro atoms. The summed E-state index contributed by atoms with van der Waals surface area (Å²) in [6, 6.07) is 16.4. The molecule has 148 valence electrons. The van der Waals surface area contributed by atoms with E-state index in [1.54, 1.807) is 48.5 Å². The lowest BCUT2D eigenvalue weighted by atomic mass is 10.1. The number of carbonyl (C=O) groups excluding carboxylic acids is 1. The summed E-state index contributed by atoms with van der Waals surface area (Å²) in [6.07, 6.45) is 4.29. The monoisotopic (exact) mass is 402 g/mol. The largest absolute Gasteiger partial charge is 0.461 e. The molecule has 0 unspecified atom stereocenters. The van der Waals surface area contributed by atoms with E-state index in [0.29, 0.717) is 28.4 Å². The Morgan fingerprint density at radius 1 is 1.10 bits per heavy atom. The van der Waals surface area contributed by atoms with Crippen molar-refractivity contribution >= 4 is 23.4 Å².